The molecule has 0 aliphatic carbocycles. The molecule has 7 nitrogen and oxygen atoms in total. The Balaban J connectivity index is 1.49. The first-order chi connectivity index (χ1) is 12.9. The van der Waals surface area contributed by atoms with Gasteiger partial charge in [0.15, 0.2) is 13.2 Å². The zero-order valence-electron chi connectivity index (χ0n) is 14.5. The largest absolute Gasteiger partial charge is 0.482 e. The second-order valence-electron chi connectivity index (χ2n) is 5.87. The fraction of sp³-hybridized carbons (Fsp3) is 0.158. The van der Waals surface area contributed by atoms with E-state index in [0.29, 0.717) is 16.6 Å². The molecular weight excluding hydrogens is 370 g/mol. The van der Waals surface area contributed by atoms with Gasteiger partial charge >= 0.3 is 5.97 Å². The first-order valence-corrected chi connectivity index (χ1v) is 8.52. The van der Waals surface area contributed by atoms with E-state index in [2.05, 4.69) is 10.6 Å². The van der Waals surface area contributed by atoms with Crippen molar-refractivity contribution in [3.8, 4) is 5.75 Å². The third-order valence-corrected chi connectivity index (χ3v) is 4.29. The summed E-state index contributed by atoms with van der Waals surface area (Å²) < 4.78 is 10.3. The number of hydrogen-bond donors (Lipinski definition) is 3. The van der Waals surface area contributed by atoms with E-state index < -0.39 is 18.4 Å². The quantitative estimate of drug-likeness (QED) is 0.517. The molecule has 0 saturated heterocycles. The minimum Gasteiger partial charge on any atom is -0.482 e. The molecule has 8 heteroatoms. The van der Waals surface area contributed by atoms with E-state index in [1.165, 1.54) is 0 Å². The Morgan fingerprint density at radius 1 is 1.07 bits per heavy atom. The van der Waals surface area contributed by atoms with Crippen LogP contribution < -0.4 is 21.1 Å². The number of rotatable bonds is 6. The summed E-state index contributed by atoms with van der Waals surface area (Å²) in [5, 5.41) is 6.62. The van der Waals surface area contributed by atoms with E-state index in [0.717, 1.165) is 16.9 Å². The first-order valence-electron chi connectivity index (χ1n) is 8.14. The average Bonchev–Trinajstić information content (AvgIpc) is 3.10. The molecule has 0 bridgehead atoms. The summed E-state index contributed by atoms with van der Waals surface area (Å²) in [6.45, 7) is 1.02. The summed E-state index contributed by atoms with van der Waals surface area (Å²) in [5.74, 6) is -0.345. The van der Waals surface area contributed by atoms with Crippen molar-refractivity contribution in [3.05, 3.63) is 64.6 Å². The molecule has 1 heterocycles. The van der Waals surface area contributed by atoms with Gasteiger partial charge in [-0.1, -0.05) is 23.7 Å². The van der Waals surface area contributed by atoms with Crippen LogP contribution in [0.2, 0.25) is 5.02 Å². The van der Waals surface area contributed by atoms with E-state index in [1.54, 1.807) is 18.2 Å². The van der Waals surface area contributed by atoms with Crippen molar-refractivity contribution in [1.29, 1.82) is 0 Å². The lowest BCUT2D eigenvalue weighted by molar-refractivity contribution is -0.149. The van der Waals surface area contributed by atoms with E-state index in [4.69, 9.17) is 26.8 Å². The van der Waals surface area contributed by atoms with Gasteiger partial charge in [0.05, 0.1) is 11.4 Å². The number of carbonyl (C=O) groups is 2. The van der Waals surface area contributed by atoms with Crippen LogP contribution in [-0.4, -0.2) is 25.0 Å². The summed E-state index contributed by atoms with van der Waals surface area (Å²) in [6, 6.07) is 12.4. The Morgan fingerprint density at radius 2 is 1.74 bits per heavy atom. The zero-order chi connectivity index (χ0) is 19.4. The minimum atomic E-state index is -0.677. The van der Waals surface area contributed by atoms with Crippen LogP contribution in [0.1, 0.15) is 5.56 Å². The number of halogens is 1. The Hall–Kier alpha value is -3.19. The van der Waals surface area contributed by atoms with E-state index >= 15 is 0 Å². The van der Waals surface area contributed by atoms with Crippen LogP contribution in [0.4, 0.5) is 11.4 Å². The second-order valence-corrected chi connectivity index (χ2v) is 6.27. The third kappa shape index (κ3) is 4.51. The molecule has 0 aromatic heterocycles. The van der Waals surface area contributed by atoms with Crippen LogP contribution in [-0.2, 0) is 14.3 Å². The lowest BCUT2D eigenvalue weighted by Gasteiger charge is -2.09. The molecule has 140 valence electrons. The van der Waals surface area contributed by atoms with Crippen molar-refractivity contribution in [1.82, 2.24) is 0 Å². The average molecular weight is 388 g/mol. The van der Waals surface area contributed by atoms with Gasteiger partial charge in [0, 0.05) is 5.02 Å². The predicted octanol–water partition coefficient (Wildman–Crippen LogP) is 2.80. The summed E-state index contributed by atoms with van der Waals surface area (Å²) in [7, 11) is 0. The van der Waals surface area contributed by atoms with Gasteiger partial charge in [-0.25, -0.2) is 4.79 Å². The molecule has 1 aliphatic rings. The number of esters is 1. The van der Waals surface area contributed by atoms with Gasteiger partial charge in [0.25, 0.3) is 0 Å². The van der Waals surface area contributed by atoms with Gasteiger partial charge in [-0.05, 0) is 42.8 Å². The number of para-hydroxylation sites is 2. The SMILES string of the molecule is Cc1cc(OCC(=O)OCC(=O)C(N)=C2Nc3ccccc3N2)ccc1Cl. The molecule has 0 amide bonds. The van der Waals surface area contributed by atoms with Crippen molar-refractivity contribution >= 4 is 34.7 Å². The summed E-state index contributed by atoms with van der Waals surface area (Å²) in [4.78, 5) is 23.9. The smallest absolute Gasteiger partial charge is 0.344 e. The lowest BCUT2D eigenvalue weighted by atomic mass is 10.2. The number of benzene rings is 2. The maximum absolute atomic E-state index is 12.1. The van der Waals surface area contributed by atoms with Crippen LogP contribution in [0.3, 0.4) is 0 Å². The molecule has 0 fully saturated rings. The number of fused-ring (bicyclic) bond motifs is 1. The molecule has 0 radical (unpaired) electrons. The number of carbonyl (C=O) groups excluding carboxylic acids is 2. The molecule has 1 aliphatic heterocycles. The fourth-order valence-corrected chi connectivity index (χ4v) is 2.51. The number of ketones is 1. The molecule has 27 heavy (non-hydrogen) atoms. The van der Waals surface area contributed by atoms with Crippen LogP contribution >= 0.6 is 11.6 Å². The Kier molecular flexibility index (Phi) is 5.52. The highest BCUT2D eigenvalue weighted by Gasteiger charge is 2.20. The van der Waals surface area contributed by atoms with E-state index in [9.17, 15) is 9.59 Å². The van der Waals surface area contributed by atoms with Crippen LogP contribution in [0.25, 0.3) is 0 Å². The summed E-state index contributed by atoms with van der Waals surface area (Å²) in [6.07, 6.45) is 0. The molecular formula is C19H18ClN3O4. The van der Waals surface area contributed by atoms with Crippen molar-refractivity contribution in [2.45, 2.75) is 6.92 Å². The van der Waals surface area contributed by atoms with Gasteiger partial charge in [-0.15, -0.1) is 0 Å². The number of anilines is 2. The monoisotopic (exact) mass is 387 g/mol. The van der Waals surface area contributed by atoms with Crippen LogP contribution in [0, 0.1) is 6.92 Å². The predicted molar refractivity (Wildman–Crippen MR) is 103 cm³/mol. The molecule has 3 rings (SSSR count). The van der Waals surface area contributed by atoms with E-state index in [-0.39, 0.29) is 12.3 Å². The Labute approximate surface area is 161 Å². The fourth-order valence-electron chi connectivity index (χ4n) is 2.39. The molecule has 0 saturated carbocycles. The van der Waals surface area contributed by atoms with Crippen molar-refractivity contribution < 1.29 is 19.1 Å². The zero-order valence-corrected chi connectivity index (χ0v) is 15.3. The topological polar surface area (TPSA) is 103 Å². The molecule has 2 aromatic carbocycles. The van der Waals surface area contributed by atoms with Crippen molar-refractivity contribution in [3.63, 3.8) is 0 Å². The molecule has 0 atom stereocenters. The Morgan fingerprint density at radius 3 is 2.37 bits per heavy atom. The number of Topliss-reactive ketones (excluding diaryl/α,β-unsaturated/α-hetero) is 1. The molecule has 0 unspecified atom stereocenters. The number of aryl methyl sites for hydroxylation is 1. The number of hydrogen-bond acceptors (Lipinski definition) is 7. The van der Waals surface area contributed by atoms with Gasteiger partial charge < -0.3 is 25.8 Å². The van der Waals surface area contributed by atoms with Crippen LogP contribution in [0.5, 0.6) is 5.75 Å². The van der Waals surface area contributed by atoms with Crippen molar-refractivity contribution in [2.75, 3.05) is 23.8 Å². The van der Waals surface area contributed by atoms with Gasteiger partial charge in [0.2, 0.25) is 5.78 Å². The second kappa shape index (κ2) is 8.01. The first kappa shape index (κ1) is 18.6. The van der Waals surface area contributed by atoms with Gasteiger partial charge in [-0.2, -0.15) is 0 Å². The normalized spacial score (nSPS) is 11.9. The van der Waals surface area contributed by atoms with Crippen molar-refractivity contribution in [2.24, 2.45) is 5.73 Å². The highest BCUT2D eigenvalue weighted by Crippen LogP contribution is 2.30. The number of nitrogens with two attached hydrogens (primary N) is 1. The molecule has 2 aromatic rings. The van der Waals surface area contributed by atoms with E-state index in [1.807, 2.05) is 31.2 Å². The highest BCUT2D eigenvalue weighted by molar-refractivity contribution is 6.31. The van der Waals surface area contributed by atoms with Crippen LogP contribution in [0.15, 0.2) is 54.0 Å². The number of ether oxygens (including phenoxy) is 2. The maximum atomic E-state index is 12.1. The standard InChI is InChI=1S/C19H18ClN3O4/c1-11-8-12(6-7-13(11)20)26-10-17(25)27-9-16(24)18(21)19-22-14-4-2-3-5-15(14)23-19/h2-8,22-23H,9-10,21H2,1H3. The maximum Gasteiger partial charge on any atom is 0.344 e. The minimum absolute atomic E-state index is 0.0479. The molecule has 4 N–H and O–H groups in total. The van der Waals surface area contributed by atoms with Gasteiger partial charge in [0.1, 0.15) is 17.3 Å². The molecule has 0 spiro atoms. The third-order valence-electron chi connectivity index (χ3n) is 3.87. The number of nitrogens with one attached hydrogen (secondary N) is 2. The lowest BCUT2D eigenvalue weighted by Crippen LogP contribution is -2.25. The summed E-state index contributed by atoms with van der Waals surface area (Å²) >= 11 is 5.93. The highest BCUT2D eigenvalue weighted by atomic mass is 35.5. The Bertz CT molecular complexity index is 900. The summed E-state index contributed by atoms with van der Waals surface area (Å²) in [5.41, 5.74) is 8.26. The van der Waals surface area contributed by atoms with Gasteiger partial charge in [-0.3, -0.25) is 4.79 Å².